The van der Waals surface area contributed by atoms with Gasteiger partial charge in [0, 0.05) is 61.7 Å². The number of benzene rings is 2. The molecular formula is C37H33Cl2FN6O3. The van der Waals surface area contributed by atoms with Gasteiger partial charge in [0.1, 0.15) is 17.1 Å². The molecule has 1 aliphatic rings. The topological polar surface area (TPSA) is 94.3 Å². The maximum atomic E-state index is 13.1. The molecule has 0 radical (unpaired) electrons. The van der Waals surface area contributed by atoms with Crippen molar-refractivity contribution in [2.75, 3.05) is 31.6 Å². The summed E-state index contributed by atoms with van der Waals surface area (Å²) in [7, 11) is 0. The minimum Gasteiger partial charge on any atom is -0.378 e. The first kappa shape index (κ1) is 33.9. The highest BCUT2D eigenvalue weighted by molar-refractivity contribution is 6.40. The highest BCUT2D eigenvalue weighted by Crippen LogP contribution is 2.31. The van der Waals surface area contributed by atoms with Crippen LogP contribution in [0, 0.1) is 5.82 Å². The van der Waals surface area contributed by atoms with Crippen molar-refractivity contribution in [2.24, 2.45) is 0 Å². The van der Waals surface area contributed by atoms with Crippen LogP contribution in [0.4, 0.5) is 10.1 Å². The second kappa shape index (κ2) is 15.0. The van der Waals surface area contributed by atoms with Crippen LogP contribution in [0.1, 0.15) is 33.2 Å². The van der Waals surface area contributed by atoms with E-state index in [0.717, 1.165) is 33.2 Å². The number of anilines is 1. The second-order valence-electron chi connectivity index (χ2n) is 11.6. The summed E-state index contributed by atoms with van der Waals surface area (Å²) in [4.78, 5) is 36.3. The molecule has 0 saturated carbocycles. The second-order valence-corrected chi connectivity index (χ2v) is 12.4. The van der Waals surface area contributed by atoms with Crippen molar-refractivity contribution < 1.29 is 18.7 Å². The predicted octanol–water partition coefficient (Wildman–Crippen LogP) is 7.87. The number of pyridine rings is 2. The van der Waals surface area contributed by atoms with E-state index in [9.17, 15) is 14.0 Å². The monoisotopic (exact) mass is 698 g/mol. The first-order chi connectivity index (χ1) is 23.7. The van der Waals surface area contributed by atoms with E-state index in [4.69, 9.17) is 27.9 Å². The quantitative estimate of drug-likeness (QED) is 0.171. The standard InChI is InChI=1S/C19H18FN3O2.C18H15Cl2N3O/c20-15-5-3-14(4-6-15)12-23-13-17(16-2-1-7-21-18(16)23)19(24)22-8-10-25-11-9-22;1-11(2)9-23-10-13(12-5-4-8-21-17(12)23)18(24)22-16-14(19)6-3-7-15(16)20/h1-7,13H,8-12H2;3-8,10H,1,9H2,2H3,(H,22,24). The van der Waals surface area contributed by atoms with Gasteiger partial charge in [0.05, 0.1) is 40.1 Å². The van der Waals surface area contributed by atoms with Crippen molar-refractivity contribution in [3.05, 3.63) is 136 Å². The van der Waals surface area contributed by atoms with Crippen LogP contribution in [0.5, 0.6) is 0 Å². The van der Waals surface area contributed by atoms with Crippen molar-refractivity contribution >= 4 is 62.8 Å². The number of allylic oxidation sites excluding steroid dienone is 1. The van der Waals surface area contributed by atoms with E-state index in [0.29, 0.717) is 66.3 Å². The summed E-state index contributed by atoms with van der Waals surface area (Å²) in [5.74, 6) is -0.551. The summed E-state index contributed by atoms with van der Waals surface area (Å²) in [6.45, 7) is 9.31. The summed E-state index contributed by atoms with van der Waals surface area (Å²) >= 11 is 12.3. The molecule has 0 unspecified atom stereocenters. The molecule has 12 heteroatoms. The van der Waals surface area contributed by atoms with Crippen LogP contribution in [-0.2, 0) is 17.8 Å². The number of nitrogens with zero attached hydrogens (tertiary/aromatic N) is 5. The van der Waals surface area contributed by atoms with Gasteiger partial charge in [0.2, 0.25) is 0 Å². The number of morpholine rings is 1. The van der Waals surface area contributed by atoms with Gasteiger partial charge in [-0.15, -0.1) is 0 Å². The minimum atomic E-state index is -0.288. The number of nitrogens with one attached hydrogen (secondary N) is 1. The first-order valence-electron chi connectivity index (χ1n) is 15.6. The number of hydrogen-bond acceptors (Lipinski definition) is 5. The fourth-order valence-electron chi connectivity index (χ4n) is 5.65. The van der Waals surface area contributed by atoms with Gasteiger partial charge in [-0.1, -0.05) is 53.6 Å². The maximum absolute atomic E-state index is 13.1. The Labute approximate surface area is 292 Å². The fraction of sp³-hybridized carbons (Fsp3) is 0.189. The number of fused-ring (bicyclic) bond motifs is 2. The Morgan fingerprint density at radius 3 is 2.08 bits per heavy atom. The molecule has 1 aliphatic heterocycles. The number of amides is 2. The van der Waals surface area contributed by atoms with E-state index in [2.05, 4.69) is 21.9 Å². The van der Waals surface area contributed by atoms with Crippen molar-refractivity contribution in [1.82, 2.24) is 24.0 Å². The zero-order valence-corrected chi connectivity index (χ0v) is 28.2. The maximum Gasteiger partial charge on any atom is 0.257 e. The number of hydrogen-bond donors (Lipinski definition) is 1. The molecular weight excluding hydrogens is 666 g/mol. The van der Waals surface area contributed by atoms with E-state index in [1.165, 1.54) is 12.1 Å². The molecule has 4 aromatic heterocycles. The summed E-state index contributed by atoms with van der Waals surface area (Å²) < 4.78 is 22.3. The van der Waals surface area contributed by atoms with Gasteiger partial charge in [-0.25, -0.2) is 14.4 Å². The number of carbonyl (C=O) groups is 2. The van der Waals surface area contributed by atoms with Crippen LogP contribution < -0.4 is 5.32 Å². The van der Waals surface area contributed by atoms with Gasteiger partial charge < -0.3 is 24.1 Å². The molecule has 5 heterocycles. The van der Waals surface area contributed by atoms with E-state index in [1.807, 2.05) is 45.4 Å². The Balaban J connectivity index is 0.000000170. The Morgan fingerprint density at radius 2 is 1.45 bits per heavy atom. The highest BCUT2D eigenvalue weighted by atomic mass is 35.5. The average Bonchev–Trinajstić information content (AvgIpc) is 3.66. The number of halogens is 3. The van der Waals surface area contributed by atoms with Gasteiger partial charge in [-0.3, -0.25) is 9.59 Å². The lowest BCUT2D eigenvalue weighted by Crippen LogP contribution is -2.40. The summed E-state index contributed by atoms with van der Waals surface area (Å²) in [6.07, 6.45) is 7.03. The van der Waals surface area contributed by atoms with Crippen LogP contribution in [0.15, 0.2) is 104 Å². The van der Waals surface area contributed by atoms with Crippen LogP contribution >= 0.6 is 23.2 Å². The number of rotatable bonds is 7. The summed E-state index contributed by atoms with van der Waals surface area (Å²) in [5, 5.41) is 5.16. The van der Waals surface area contributed by atoms with Gasteiger partial charge >= 0.3 is 0 Å². The zero-order chi connectivity index (χ0) is 34.5. The lowest BCUT2D eigenvalue weighted by atomic mass is 10.2. The molecule has 0 spiro atoms. The SMILES string of the molecule is C=C(C)Cn1cc(C(=O)Nc2c(Cl)cccc2Cl)c2cccnc21.O=C(c1cn(Cc2ccc(F)cc2)c2ncccc12)N1CCOCC1. The molecule has 6 aromatic rings. The Morgan fingerprint density at radius 1 is 0.857 bits per heavy atom. The van der Waals surface area contributed by atoms with Crippen LogP contribution in [-0.4, -0.2) is 62.1 Å². The minimum absolute atomic E-state index is 0.000781. The van der Waals surface area contributed by atoms with Crippen molar-refractivity contribution in [2.45, 2.75) is 20.0 Å². The number of carbonyl (C=O) groups excluding carboxylic acids is 2. The molecule has 1 N–H and O–H groups in total. The Bertz CT molecular complexity index is 2140. The zero-order valence-electron chi connectivity index (χ0n) is 26.7. The van der Waals surface area contributed by atoms with Crippen molar-refractivity contribution in [1.29, 1.82) is 0 Å². The smallest absolute Gasteiger partial charge is 0.257 e. The molecule has 9 nitrogen and oxygen atoms in total. The van der Waals surface area contributed by atoms with Crippen molar-refractivity contribution in [3.8, 4) is 0 Å². The number of para-hydroxylation sites is 1. The number of aromatic nitrogens is 4. The van der Waals surface area contributed by atoms with E-state index in [1.54, 1.807) is 55.0 Å². The molecule has 2 amide bonds. The van der Waals surface area contributed by atoms with E-state index >= 15 is 0 Å². The number of ether oxygens (including phenoxy) is 1. The molecule has 0 bridgehead atoms. The average molecular weight is 700 g/mol. The molecule has 250 valence electrons. The molecule has 0 atom stereocenters. The molecule has 49 heavy (non-hydrogen) atoms. The van der Waals surface area contributed by atoms with Gasteiger partial charge in [-0.2, -0.15) is 0 Å². The molecule has 7 rings (SSSR count). The highest BCUT2D eigenvalue weighted by Gasteiger charge is 2.23. The molecule has 1 saturated heterocycles. The third-order valence-electron chi connectivity index (χ3n) is 7.95. The van der Waals surface area contributed by atoms with Crippen LogP contribution in [0.25, 0.3) is 22.1 Å². The van der Waals surface area contributed by atoms with Crippen molar-refractivity contribution in [3.63, 3.8) is 0 Å². The van der Waals surface area contributed by atoms with Gasteiger partial charge in [0.25, 0.3) is 11.8 Å². The summed E-state index contributed by atoms with van der Waals surface area (Å²) in [5.41, 5.74) is 4.96. The van der Waals surface area contributed by atoms with Crippen LogP contribution in [0.2, 0.25) is 10.0 Å². The third-order valence-corrected chi connectivity index (χ3v) is 8.58. The largest absolute Gasteiger partial charge is 0.378 e. The third kappa shape index (κ3) is 7.67. The predicted molar refractivity (Wildman–Crippen MR) is 191 cm³/mol. The fourth-order valence-corrected chi connectivity index (χ4v) is 6.14. The summed E-state index contributed by atoms with van der Waals surface area (Å²) in [6, 6.07) is 18.8. The Kier molecular flexibility index (Phi) is 10.4. The molecule has 2 aromatic carbocycles. The van der Waals surface area contributed by atoms with Gasteiger partial charge in [0.15, 0.2) is 0 Å². The van der Waals surface area contributed by atoms with Gasteiger partial charge in [-0.05, 0) is 61.0 Å². The Hall–Kier alpha value is -5.03. The molecule has 1 fully saturated rings. The van der Waals surface area contributed by atoms with E-state index in [-0.39, 0.29) is 17.6 Å². The van der Waals surface area contributed by atoms with E-state index < -0.39 is 0 Å². The lowest BCUT2D eigenvalue weighted by Gasteiger charge is -2.26. The normalized spacial score (nSPS) is 12.9. The lowest BCUT2D eigenvalue weighted by molar-refractivity contribution is 0.0304. The molecule has 0 aliphatic carbocycles. The van der Waals surface area contributed by atoms with Crippen LogP contribution in [0.3, 0.4) is 0 Å². The first-order valence-corrected chi connectivity index (χ1v) is 16.3.